The molecule has 1 amide bonds. The number of aryl methyl sites for hydroxylation is 1. The second-order valence-corrected chi connectivity index (χ2v) is 9.26. The fourth-order valence-electron chi connectivity index (χ4n) is 4.20. The summed E-state index contributed by atoms with van der Waals surface area (Å²) < 4.78 is 2.24. The van der Waals surface area contributed by atoms with Gasteiger partial charge < -0.3 is 9.47 Å². The fourth-order valence-corrected chi connectivity index (χ4v) is 5.17. The highest BCUT2D eigenvalue weighted by Crippen LogP contribution is 2.28. The molecule has 5 rings (SSSR count). The van der Waals surface area contributed by atoms with E-state index in [1.807, 2.05) is 29.3 Å². The smallest absolute Gasteiger partial charge is 0.253 e. The maximum Gasteiger partial charge on any atom is 0.253 e. The average molecular weight is 443 g/mol. The van der Waals surface area contributed by atoms with Crippen molar-refractivity contribution in [2.24, 2.45) is 0 Å². The molecule has 0 spiro atoms. The molecular formula is C26H26N4OS. The largest absolute Gasteiger partial charge is 0.339 e. The molecule has 0 bridgehead atoms. The predicted molar refractivity (Wildman–Crippen MR) is 129 cm³/mol. The molecule has 1 fully saturated rings. The quantitative estimate of drug-likeness (QED) is 0.380. The van der Waals surface area contributed by atoms with Crippen LogP contribution in [-0.2, 0) is 12.3 Å². The standard InChI is InChI=1S/C26H26N4OS/c1-19-5-4-6-21(15-19)17-30-24-16-27-12-11-23(24)28-26(30)32-18-20-7-9-22(10-8-20)25(31)29-13-2-3-14-29/h4-12,15-16H,2-3,13-14,17-18H2,1H3. The number of thioether (sulfide) groups is 1. The van der Waals surface area contributed by atoms with E-state index >= 15 is 0 Å². The van der Waals surface area contributed by atoms with E-state index in [0.717, 1.165) is 60.0 Å². The number of fused-ring (bicyclic) bond motifs is 1. The number of carbonyl (C=O) groups excluding carboxylic acids is 1. The van der Waals surface area contributed by atoms with Crippen LogP contribution in [0.4, 0.5) is 0 Å². The van der Waals surface area contributed by atoms with Gasteiger partial charge in [-0.05, 0) is 49.1 Å². The Kier molecular flexibility index (Phi) is 5.95. The van der Waals surface area contributed by atoms with Gasteiger partial charge in [0.25, 0.3) is 5.91 Å². The summed E-state index contributed by atoms with van der Waals surface area (Å²) in [7, 11) is 0. The van der Waals surface area contributed by atoms with E-state index in [9.17, 15) is 4.79 Å². The zero-order valence-corrected chi connectivity index (χ0v) is 19.0. The number of hydrogen-bond donors (Lipinski definition) is 0. The van der Waals surface area contributed by atoms with Gasteiger partial charge in [-0.15, -0.1) is 0 Å². The zero-order valence-electron chi connectivity index (χ0n) is 18.2. The molecule has 0 aliphatic carbocycles. The molecule has 1 aliphatic rings. The summed E-state index contributed by atoms with van der Waals surface area (Å²) in [5.41, 5.74) is 6.46. The van der Waals surface area contributed by atoms with Crippen molar-refractivity contribution >= 4 is 28.7 Å². The maximum absolute atomic E-state index is 12.6. The Hall–Kier alpha value is -3.12. The van der Waals surface area contributed by atoms with Crippen LogP contribution >= 0.6 is 11.8 Å². The molecule has 1 saturated heterocycles. The number of nitrogens with zero attached hydrogens (tertiary/aromatic N) is 4. The Morgan fingerprint density at radius 2 is 1.84 bits per heavy atom. The van der Waals surface area contributed by atoms with E-state index in [0.29, 0.717) is 0 Å². The first kappa shape index (κ1) is 20.8. The van der Waals surface area contributed by atoms with E-state index in [2.05, 4.69) is 52.9 Å². The van der Waals surface area contributed by atoms with Crippen LogP contribution in [-0.4, -0.2) is 38.4 Å². The van der Waals surface area contributed by atoms with Crippen LogP contribution in [0.25, 0.3) is 11.0 Å². The molecule has 32 heavy (non-hydrogen) atoms. The maximum atomic E-state index is 12.6. The van der Waals surface area contributed by atoms with Crippen LogP contribution < -0.4 is 0 Å². The minimum atomic E-state index is 0.147. The van der Waals surface area contributed by atoms with Crippen LogP contribution in [0.5, 0.6) is 0 Å². The van der Waals surface area contributed by atoms with Gasteiger partial charge >= 0.3 is 0 Å². The first-order valence-electron chi connectivity index (χ1n) is 11.0. The Bertz CT molecular complexity index is 1240. The monoisotopic (exact) mass is 442 g/mol. The highest BCUT2D eigenvalue weighted by molar-refractivity contribution is 7.98. The first-order chi connectivity index (χ1) is 15.7. The minimum absolute atomic E-state index is 0.147. The van der Waals surface area contributed by atoms with Crippen LogP contribution in [0.1, 0.15) is 39.9 Å². The first-order valence-corrected chi connectivity index (χ1v) is 12.0. The third-order valence-corrected chi connectivity index (χ3v) is 6.95. The molecule has 4 aromatic rings. The highest BCUT2D eigenvalue weighted by Gasteiger charge is 2.19. The van der Waals surface area contributed by atoms with E-state index in [1.165, 1.54) is 16.7 Å². The van der Waals surface area contributed by atoms with Crippen LogP contribution in [0.2, 0.25) is 0 Å². The lowest BCUT2D eigenvalue weighted by atomic mass is 10.1. The fraction of sp³-hybridized carbons (Fsp3) is 0.269. The number of likely N-dealkylation sites (tertiary alicyclic amines) is 1. The number of carbonyl (C=O) groups is 1. The van der Waals surface area contributed by atoms with Gasteiger partial charge in [0.1, 0.15) is 0 Å². The highest BCUT2D eigenvalue weighted by atomic mass is 32.2. The van der Waals surface area contributed by atoms with Gasteiger partial charge in [0.15, 0.2) is 5.16 Å². The van der Waals surface area contributed by atoms with Gasteiger partial charge in [0, 0.05) is 30.6 Å². The third-order valence-electron chi connectivity index (χ3n) is 5.90. The molecule has 0 N–H and O–H groups in total. The number of aromatic nitrogens is 3. The van der Waals surface area contributed by atoms with Crippen molar-refractivity contribution in [2.45, 2.75) is 37.2 Å². The Morgan fingerprint density at radius 3 is 2.62 bits per heavy atom. The Morgan fingerprint density at radius 1 is 1.03 bits per heavy atom. The van der Waals surface area contributed by atoms with Crippen LogP contribution in [0, 0.1) is 6.92 Å². The van der Waals surface area contributed by atoms with Crippen molar-refractivity contribution in [3.8, 4) is 0 Å². The van der Waals surface area contributed by atoms with Gasteiger partial charge in [-0.25, -0.2) is 4.98 Å². The summed E-state index contributed by atoms with van der Waals surface area (Å²) in [5.74, 6) is 0.942. The minimum Gasteiger partial charge on any atom is -0.339 e. The molecule has 162 valence electrons. The van der Waals surface area contributed by atoms with Gasteiger partial charge in [0.05, 0.1) is 23.8 Å². The lowest BCUT2D eigenvalue weighted by molar-refractivity contribution is 0.0793. The second-order valence-electron chi connectivity index (χ2n) is 8.32. The number of benzene rings is 2. The molecule has 2 aromatic carbocycles. The molecule has 2 aromatic heterocycles. The molecule has 0 unspecified atom stereocenters. The lowest BCUT2D eigenvalue weighted by Gasteiger charge is -2.15. The third kappa shape index (κ3) is 4.41. The Balaban J connectivity index is 1.34. The molecule has 0 atom stereocenters. The van der Waals surface area contributed by atoms with Crippen molar-refractivity contribution in [2.75, 3.05) is 13.1 Å². The van der Waals surface area contributed by atoms with Crippen LogP contribution in [0.15, 0.2) is 72.1 Å². The van der Waals surface area contributed by atoms with Gasteiger partial charge in [-0.2, -0.15) is 0 Å². The van der Waals surface area contributed by atoms with Crippen molar-refractivity contribution < 1.29 is 4.79 Å². The summed E-state index contributed by atoms with van der Waals surface area (Å²) in [6, 6.07) is 18.6. The van der Waals surface area contributed by atoms with Gasteiger partial charge in [-0.3, -0.25) is 9.78 Å². The molecular weight excluding hydrogens is 416 g/mol. The van der Waals surface area contributed by atoms with Crippen molar-refractivity contribution in [1.29, 1.82) is 0 Å². The second kappa shape index (κ2) is 9.17. The van der Waals surface area contributed by atoms with Crippen molar-refractivity contribution in [3.63, 3.8) is 0 Å². The zero-order chi connectivity index (χ0) is 21.9. The number of hydrogen-bond acceptors (Lipinski definition) is 4. The van der Waals surface area contributed by atoms with E-state index in [4.69, 9.17) is 4.98 Å². The number of rotatable bonds is 6. The summed E-state index contributed by atoms with van der Waals surface area (Å²) >= 11 is 1.72. The molecule has 6 heteroatoms. The van der Waals surface area contributed by atoms with Gasteiger partial charge in [-0.1, -0.05) is 53.7 Å². The molecule has 1 aliphatic heterocycles. The van der Waals surface area contributed by atoms with E-state index in [-0.39, 0.29) is 5.91 Å². The van der Waals surface area contributed by atoms with E-state index in [1.54, 1.807) is 18.0 Å². The topological polar surface area (TPSA) is 51.0 Å². The molecule has 0 radical (unpaired) electrons. The Labute approximate surface area is 192 Å². The summed E-state index contributed by atoms with van der Waals surface area (Å²) in [4.78, 5) is 23.7. The van der Waals surface area contributed by atoms with Crippen molar-refractivity contribution in [3.05, 3.63) is 89.2 Å². The molecule has 0 saturated carbocycles. The normalized spacial score (nSPS) is 13.7. The number of imidazole rings is 1. The molecule has 5 nitrogen and oxygen atoms in total. The van der Waals surface area contributed by atoms with E-state index < -0.39 is 0 Å². The summed E-state index contributed by atoms with van der Waals surface area (Å²) in [6.45, 7) is 4.63. The summed E-state index contributed by atoms with van der Waals surface area (Å²) in [6.07, 6.45) is 5.90. The number of pyridine rings is 1. The SMILES string of the molecule is Cc1cccc(Cn2c(SCc3ccc(C(=O)N4CCCC4)cc3)nc3ccncc32)c1. The number of amides is 1. The average Bonchev–Trinajstić information content (AvgIpc) is 3.47. The van der Waals surface area contributed by atoms with Crippen LogP contribution in [0.3, 0.4) is 0 Å². The summed E-state index contributed by atoms with van der Waals surface area (Å²) in [5, 5.41) is 0.978. The lowest BCUT2D eigenvalue weighted by Crippen LogP contribution is -2.27. The van der Waals surface area contributed by atoms with Gasteiger partial charge in [0.2, 0.25) is 0 Å². The van der Waals surface area contributed by atoms with Crippen molar-refractivity contribution in [1.82, 2.24) is 19.4 Å². The predicted octanol–water partition coefficient (Wildman–Crippen LogP) is 5.32. The molecule has 3 heterocycles.